The van der Waals surface area contributed by atoms with Crippen molar-refractivity contribution in [1.82, 2.24) is 0 Å². The van der Waals surface area contributed by atoms with Crippen LogP contribution in [-0.4, -0.2) is 15.0 Å². The van der Waals surface area contributed by atoms with E-state index < -0.39 is 4.75 Å². The third-order valence-electron chi connectivity index (χ3n) is 1.97. The van der Waals surface area contributed by atoms with Crippen molar-refractivity contribution >= 4 is 16.9 Å². The van der Waals surface area contributed by atoms with Crippen LogP contribution < -0.4 is 0 Å². The maximum atomic E-state index is 11.0. The summed E-state index contributed by atoms with van der Waals surface area (Å²) in [6.07, 6.45) is 7.27. The Morgan fingerprint density at radius 1 is 1.69 bits per heavy atom. The highest BCUT2D eigenvalue weighted by atomic mass is 32.2. The van der Waals surface area contributed by atoms with E-state index in [1.165, 1.54) is 6.08 Å². The highest BCUT2D eigenvalue weighted by Crippen LogP contribution is 2.39. The molecule has 0 unspecified atom stereocenters. The summed E-state index contributed by atoms with van der Waals surface area (Å²) in [5, 5.41) is 9.42. The molecule has 1 N–H and O–H groups in total. The van der Waals surface area contributed by atoms with Gasteiger partial charge >= 0.3 is 0 Å². The summed E-state index contributed by atoms with van der Waals surface area (Å²) in [5.74, 6) is 0.162. The Balaban J connectivity index is 2.68. The minimum atomic E-state index is -0.522. The van der Waals surface area contributed by atoms with Crippen molar-refractivity contribution < 1.29 is 9.90 Å². The molecule has 13 heavy (non-hydrogen) atoms. The van der Waals surface area contributed by atoms with Crippen molar-refractivity contribution in [2.24, 2.45) is 0 Å². The molecule has 0 saturated heterocycles. The van der Waals surface area contributed by atoms with Crippen LogP contribution in [0, 0.1) is 0 Å². The SMILES string of the molecule is CCC/C=C/[C@@]1(C)SC(=O)C=C1O. The monoisotopic (exact) mass is 198 g/mol. The van der Waals surface area contributed by atoms with E-state index in [-0.39, 0.29) is 10.9 Å². The molecule has 0 amide bonds. The quantitative estimate of drug-likeness (QED) is 0.708. The Hall–Kier alpha value is -0.700. The molecule has 72 valence electrons. The lowest BCUT2D eigenvalue weighted by Gasteiger charge is -2.17. The topological polar surface area (TPSA) is 37.3 Å². The third kappa shape index (κ3) is 2.37. The summed E-state index contributed by atoms with van der Waals surface area (Å²) in [6, 6.07) is 0. The molecule has 1 aliphatic rings. The lowest BCUT2D eigenvalue weighted by molar-refractivity contribution is -0.106. The molecule has 1 aliphatic heterocycles. The van der Waals surface area contributed by atoms with E-state index in [1.807, 2.05) is 19.1 Å². The first kappa shape index (κ1) is 10.4. The summed E-state index contributed by atoms with van der Waals surface area (Å²) in [6.45, 7) is 3.94. The number of allylic oxidation sites excluding steroid dienone is 1. The van der Waals surface area contributed by atoms with E-state index in [0.29, 0.717) is 0 Å². The van der Waals surface area contributed by atoms with Gasteiger partial charge in [-0.05, 0) is 13.3 Å². The van der Waals surface area contributed by atoms with Gasteiger partial charge in [0.05, 0.1) is 4.75 Å². The lowest BCUT2D eigenvalue weighted by Crippen LogP contribution is -2.16. The molecule has 2 nitrogen and oxygen atoms in total. The first-order valence-electron chi connectivity index (χ1n) is 4.40. The standard InChI is InChI=1S/C10H14O2S/c1-3-4-5-6-10(2)8(11)7-9(12)13-10/h5-7,11H,3-4H2,1-2H3/b6-5+/t10-/m1/s1. The van der Waals surface area contributed by atoms with Crippen molar-refractivity contribution in [3.8, 4) is 0 Å². The molecule has 0 saturated carbocycles. The van der Waals surface area contributed by atoms with Gasteiger partial charge in [-0.15, -0.1) is 0 Å². The van der Waals surface area contributed by atoms with E-state index >= 15 is 0 Å². The van der Waals surface area contributed by atoms with Gasteiger partial charge in [-0.3, -0.25) is 4.79 Å². The Kier molecular flexibility index (Phi) is 3.20. The number of thioether (sulfide) groups is 1. The summed E-state index contributed by atoms with van der Waals surface area (Å²) >= 11 is 1.16. The second-order valence-electron chi connectivity index (χ2n) is 3.25. The number of carbonyl (C=O) groups excluding carboxylic acids is 1. The largest absolute Gasteiger partial charge is 0.510 e. The maximum Gasteiger partial charge on any atom is 0.216 e. The van der Waals surface area contributed by atoms with Crippen molar-refractivity contribution in [1.29, 1.82) is 0 Å². The molecule has 0 aliphatic carbocycles. The number of hydrogen-bond donors (Lipinski definition) is 1. The van der Waals surface area contributed by atoms with E-state index in [0.717, 1.165) is 24.6 Å². The van der Waals surface area contributed by atoms with Crippen molar-refractivity contribution in [2.75, 3.05) is 0 Å². The molecular weight excluding hydrogens is 184 g/mol. The van der Waals surface area contributed by atoms with Gasteiger partial charge in [-0.2, -0.15) is 0 Å². The molecular formula is C10H14O2S. The number of hydrogen-bond acceptors (Lipinski definition) is 3. The summed E-state index contributed by atoms with van der Waals surface area (Å²) < 4.78 is -0.522. The van der Waals surface area contributed by atoms with Crippen LogP contribution in [0.1, 0.15) is 26.7 Å². The molecule has 1 heterocycles. The third-order valence-corrected chi connectivity index (χ3v) is 3.06. The lowest BCUT2D eigenvalue weighted by atomic mass is 10.1. The van der Waals surface area contributed by atoms with Gasteiger partial charge in [0, 0.05) is 6.08 Å². The molecule has 1 rings (SSSR count). The van der Waals surface area contributed by atoms with Crippen LogP contribution in [0.5, 0.6) is 0 Å². The molecule has 0 fully saturated rings. The second kappa shape index (κ2) is 4.01. The minimum Gasteiger partial charge on any atom is -0.510 e. The molecule has 0 radical (unpaired) electrons. The number of rotatable bonds is 3. The van der Waals surface area contributed by atoms with E-state index in [4.69, 9.17) is 0 Å². The van der Waals surface area contributed by atoms with Gasteiger partial charge in [0.1, 0.15) is 5.76 Å². The average Bonchev–Trinajstić information content (AvgIpc) is 2.27. The fourth-order valence-electron chi connectivity index (χ4n) is 1.14. The Bertz CT molecular complexity index is 268. The van der Waals surface area contributed by atoms with Crippen LogP contribution in [0.25, 0.3) is 0 Å². The Labute approximate surface area is 82.7 Å². The molecule has 3 heteroatoms. The van der Waals surface area contributed by atoms with E-state index in [2.05, 4.69) is 6.92 Å². The Morgan fingerprint density at radius 2 is 2.38 bits per heavy atom. The highest BCUT2D eigenvalue weighted by molar-refractivity contribution is 8.15. The van der Waals surface area contributed by atoms with E-state index in [1.54, 1.807) is 0 Å². The molecule has 0 aromatic rings. The molecule has 1 atom stereocenters. The number of carbonyl (C=O) groups is 1. The van der Waals surface area contributed by atoms with Gasteiger partial charge in [-0.1, -0.05) is 37.3 Å². The van der Waals surface area contributed by atoms with Gasteiger partial charge < -0.3 is 5.11 Å². The van der Waals surface area contributed by atoms with E-state index in [9.17, 15) is 9.90 Å². The predicted molar refractivity (Wildman–Crippen MR) is 55.8 cm³/mol. The zero-order valence-corrected chi connectivity index (χ0v) is 8.73. The van der Waals surface area contributed by atoms with Crippen LogP contribution in [0.4, 0.5) is 0 Å². The molecule has 0 aromatic carbocycles. The Morgan fingerprint density at radius 3 is 2.85 bits per heavy atom. The highest BCUT2D eigenvalue weighted by Gasteiger charge is 2.35. The van der Waals surface area contributed by atoms with Gasteiger partial charge in [0.25, 0.3) is 0 Å². The van der Waals surface area contributed by atoms with Crippen molar-refractivity contribution in [3.05, 3.63) is 24.0 Å². The number of aliphatic hydroxyl groups is 1. The first-order valence-corrected chi connectivity index (χ1v) is 5.22. The summed E-state index contributed by atoms with van der Waals surface area (Å²) in [7, 11) is 0. The normalized spacial score (nSPS) is 28.5. The predicted octanol–water partition coefficient (Wildman–Crippen LogP) is 2.82. The van der Waals surface area contributed by atoms with Gasteiger partial charge in [0.2, 0.25) is 5.12 Å². The van der Waals surface area contributed by atoms with Crippen LogP contribution >= 0.6 is 11.8 Å². The van der Waals surface area contributed by atoms with Crippen LogP contribution in [-0.2, 0) is 4.79 Å². The maximum absolute atomic E-state index is 11.0. The second-order valence-corrected chi connectivity index (χ2v) is 4.70. The molecule has 0 aromatic heterocycles. The number of unbranched alkanes of at least 4 members (excludes halogenated alkanes) is 1. The fraction of sp³-hybridized carbons (Fsp3) is 0.500. The average molecular weight is 198 g/mol. The van der Waals surface area contributed by atoms with Crippen LogP contribution in [0.15, 0.2) is 24.0 Å². The minimum absolute atomic E-state index is 0.0684. The fourth-order valence-corrected chi connectivity index (χ4v) is 2.06. The summed E-state index contributed by atoms with van der Waals surface area (Å²) in [4.78, 5) is 11.0. The molecule has 0 bridgehead atoms. The zero-order valence-electron chi connectivity index (χ0n) is 7.91. The molecule has 0 spiro atoms. The zero-order chi connectivity index (χ0) is 9.90. The summed E-state index contributed by atoms with van der Waals surface area (Å²) in [5.41, 5.74) is 0. The van der Waals surface area contributed by atoms with Crippen LogP contribution in [0.2, 0.25) is 0 Å². The van der Waals surface area contributed by atoms with Crippen molar-refractivity contribution in [2.45, 2.75) is 31.4 Å². The van der Waals surface area contributed by atoms with Crippen molar-refractivity contribution in [3.63, 3.8) is 0 Å². The first-order chi connectivity index (χ1) is 6.08. The number of aliphatic hydroxyl groups excluding tert-OH is 1. The van der Waals surface area contributed by atoms with Gasteiger partial charge in [-0.25, -0.2) is 0 Å². The van der Waals surface area contributed by atoms with Gasteiger partial charge in [0.15, 0.2) is 0 Å². The smallest absolute Gasteiger partial charge is 0.216 e. The van der Waals surface area contributed by atoms with Crippen LogP contribution in [0.3, 0.4) is 0 Å².